The number of hydrogen-bond acceptors (Lipinski definition) is 1. The molecule has 0 saturated carbocycles. The second-order valence-electron chi connectivity index (χ2n) is 3.45. The van der Waals surface area contributed by atoms with Crippen LogP contribution in [0.3, 0.4) is 0 Å². The third-order valence-corrected chi connectivity index (χ3v) is 2.29. The van der Waals surface area contributed by atoms with E-state index in [2.05, 4.69) is 29.8 Å². The monoisotopic (exact) mass is 196 g/mol. The number of rotatable bonds is 0. The van der Waals surface area contributed by atoms with Gasteiger partial charge in [-0.2, -0.15) is 0 Å². The van der Waals surface area contributed by atoms with Gasteiger partial charge in [0.05, 0.1) is 12.5 Å². The summed E-state index contributed by atoms with van der Waals surface area (Å²) >= 11 is 0. The summed E-state index contributed by atoms with van der Waals surface area (Å²) in [6.07, 6.45) is 3.52. The van der Waals surface area contributed by atoms with Crippen LogP contribution in [0.15, 0.2) is 36.8 Å². The van der Waals surface area contributed by atoms with Gasteiger partial charge in [0.1, 0.15) is 5.69 Å². The van der Waals surface area contributed by atoms with E-state index in [-0.39, 0.29) is 0 Å². The summed E-state index contributed by atoms with van der Waals surface area (Å²) in [6.45, 7) is 2.06. The van der Waals surface area contributed by atoms with Crippen molar-refractivity contribution in [1.29, 1.82) is 0 Å². The lowest BCUT2D eigenvalue weighted by Gasteiger charge is -1.95. The third-order valence-electron chi connectivity index (χ3n) is 2.29. The van der Waals surface area contributed by atoms with Gasteiger partial charge in [-0.25, -0.2) is 4.98 Å². The highest BCUT2D eigenvalue weighted by Gasteiger charge is 1.93. The highest BCUT2D eigenvalue weighted by Crippen LogP contribution is 2.05. The molecule has 0 unspecified atom stereocenters. The summed E-state index contributed by atoms with van der Waals surface area (Å²) in [7, 11) is 1.94. The number of hydrogen-bond donors (Lipinski definition) is 0. The lowest BCUT2D eigenvalue weighted by Crippen LogP contribution is -1.88. The van der Waals surface area contributed by atoms with Crippen molar-refractivity contribution in [3.05, 3.63) is 53.6 Å². The van der Waals surface area contributed by atoms with Crippen LogP contribution in [-0.4, -0.2) is 9.55 Å². The van der Waals surface area contributed by atoms with Gasteiger partial charge in [0.15, 0.2) is 0 Å². The van der Waals surface area contributed by atoms with Crippen LogP contribution in [0.5, 0.6) is 0 Å². The van der Waals surface area contributed by atoms with Gasteiger partial charge in [-0.3, -0.25) is 0 Å². The fourth-order valence-electron chi connectivity index (χ4n) is 1.32. The fourth-order valence-corrected chi connectivity index (χ4v) is 1.32. The first kappa shape index (κ1) is 9.54. The second kappa shape index (κ2) is 4.02. The van der Waals surface area contributed by atoms with Crippen LogP contribution in [0.1, 0.15) is 16.8 Å². The topological polar surface area (TPSA) is 17.8 Å². The molecule has 2 heteroatoms. The largest absolute Gasteiger partial charge is 0.327 e. The standard InChI is InChI=1S/C13H12N2/c1-11-5-3-4-6-12(11)7-8-13-9-14-10-15(13)2/h3-6,9-10H,1-2H3. The zero-order chi connectivity index (χ0) is 10.7. The summed E-state index contributed by atoms with van der Waals surface area (Å²) in [4.78, 5) is 4.02. The number of aryl methyl sites for hydroxylation is 2. The van der Waals surface area contributed by atoms with Crippen LogP contribution in [0.25, 0.3) is 0 Å². The Kier molecular flexibility index (Phi) is 2.55. The zero-order valence-corrected chi connectivity index (χ0v) is 8.86. The Morgan fingerprint density at radius 2 is 2.00 bits per heavy atom. The molecule has 0 bridgehead atoms. The molecule has 1 aromatic heterocycles. The van der Waals surface area contributed by atoms with E-state index in [0.29, 0.717) is 0 Å². The maximum atomic E-state index is 4.02. The summed E-state index contributed by atoms with van der Waals surface area (Å²) in [5.41, 5.74) is 3.20. The van der Waals surface area contributed by atoms with Gasteiger partial charge < -0.3 is 4.57 Å². The molecule has 0 amide bonds. The van der Waals surface area contributed by atoms with Crippen molar-refractivity contribution in [1.82, 2.24) is 9.55 Å². The molecule has 0 N–H and O–H groups in total. The molecule has 15 heavy (non-hydrogen) atoms. The lowest BCUT2D eigenvalue weighted by molar-refractivity contribution is 0.899. The zero-order valence-electron chi connectivity index (χ0n) is 8.86. The van der Waals surface area contributed by atoms with Crippen molar-refractivity contribution < 1.29 is 0 Å². The van der Waals surface area contributed by atoms with Gasteiger partial charge in [-0.1, -0.05) is 24.1 Å². The normalized spacial score (nSPS) is 9.47. The molecule has 0 fully saturated rings. The van der Waals surface area contributed by atoms with Crippen molar-refractivity contribution in [2.24, 2.45) is 7.05 Å². The maximum absolute atomic E-state index is 4.02. The quantitative estimate of drug-likeness (QED) is 0.590. The Balaban J connectivity index is 2.34. The van der Waals surface area contributed by atoms with Crippen LogP contribution in [0.2, 0.25) is 0 Å². The van der Waals surface area contributed by atoms with Crippen molar-refractivity contribution in [2.75, 3.05) is 0 Å². The smallest absolute Gasteiger partial charge is 0.112 e. The molecule has 1 heterocycles. The number of imidazole rings is 1. The van der Waals surface area contributed by atoms with Gasteiger partial charge in [-0.05, 0) is 24.5 Å². The summed E-state index contributed by atoms with van der Waals surface area (Å²) < 4.78 is 1.91. The van der Waals surface area contributed by atoms with Crippen molar-refractivity contribution in [3.63, 3.8) is 0 Å². The molecule has 0 aliphatic heterocycles. The predicted octanol–water partition coefficient (Wildman–Crippen LogP) is 2.13. The van der Waals surface area contributed by atoms with E-state index in [9.17, 15) is 0 Å². The van der Waals surface area contributed by atoms with E-state index in [0.717, 1.165) is 11.3 Å². The molecule has 1 aromatic carbocycles. The summed E-state index contributed by atoms with van der Waals surface area (Å²) in [5.74, 6) is 6.25. The van der Waals surface area contributed by atoms with Gasteiger partial charge in [0.2, 0.25) is 0 Å². The fraction of sp³-hybridized carbons (Fsp3) is 0.154. The van der Waals surface area contributed by atoms with Crippen LogP contribution in [-0.2, 0) is 7.05 Å². The molecule has 2 rings (SSSR count). The van der Waals surface area contributed by atoms with E-state index >= 15 is 0 Å². The van der Waals surface area contributed by atoms with Gasteiger partial charge in [-0.15, -0.1) is 0 Å². The lowest BCUT2D eigenvalue weighted by atomic mass is 10.1. The second-order valence-corrected chi connectivity index (χ2v) is 3.45. The molecule has 0 aliphatic carbocycles. The number of aromatic nitrogens is 2. The molecule has 0 saturated heterocycles. The average Bonchev–Trinajstić information content (AvgIpc) is 2.63. The average molecular weight is 196 g/mol. The minimum absolute atomic E-state index is 0.929. The number of benzene rings is 1. The number of nitrogens with zero attached hydrogens (tertiary/aromatic N) is 2. The Hall–Kier alpha value is -2.01. The third kappa shape index (κ3) is 2.08. The Morgan fingerprint density at radius 3 is 2.67 bits per heavy atom. The minimum Gasteiger partial charge on any atom is -0.327 e. The SMILES string of the molecule is Cc1ccccc1C#Cc1cncn1C. The van der Waals surface area contributed by atoms with Gasteiger partial charge >= 0.3 is 0 Å². The summed E-state index contributed by atoms with van der Waals surface area (Å²) in [5, 5.41) is 0. The van der Waals surface area contributed by atoms with Crippen LogP contribution >= 0.6 is 0 Å². The molecule has 2 nitrogen and oxygen atoms in total. The molecular weight excluding hydrogens is 184 g/mol. The molecule has 0 aliphatic rings. The van der Waals surface area contributed by atoms with Gasteiger partial charge in [0.25, 0.3) is 0 Å². The first-order valence-electron chi connectivity index (χ1n) is 4.81. The molecule has 2 aromatic rings. The first-order valence-corrected chi connectivity index (χ1v) is 4.81. The van der Waals surface area contributed by atoms with E-state index < -0.39 is 0 Å². The van der Waals surface area contributed by atoms with E-state index in [4.69, 9.17) is 0 Å². The molecule has 0 spiro atoms. The maximum Gasteiger partial charge on any atom is 0.112 e. The van der Waals surface area contributed by atoms with Crippen molar-refractivity contribution in [2.45, 2.75) is 6.92 Å². The van der Waals surface area contributed by atoms with E-state index in [1.165, 1.54) is 5.56 Å². The van der Waals surface area contributed by atoms with Crippen LogP contribution < -0.4 is 0 Å². The van der Waals surface area contributed by atoms with Crippen LogP contribution in [0.4, 0.5) is 0 Å². The molecule has 0 atom stereocenters. The van der Waals surface area contributed by atoms with Gasteiger partial charge in [0, 0.05) is 12.6 Å². The van der Waals surface area contributed by atoms with Crippen molar-refractivity contribution >= 4 is 0 Å². The van der Waals surface area contributed by atoms with E-state index in [1.807, 2.05) is 29.8 Å². The molecule has 0 radical (unpaired) electrons. The first-order chi connectivity index (χ1) is 7.27. The Bertz CT molecular complexity index is 527. The minimum atomic E-state index is 0.929. The molecular formula is C13H12N2. The van der Waals surface area contributed by atoms with Crippen LogP contribution in [0, 0.1) is 18.8 Å². The Labute approximate surface area is 89.6 Å². The molecule has 74 valence electrons. The van der Waals surface area contributed by atoms with E-state index in [1.54, 1.807) is 12.5 Å². The highest BCUT2D eigenvalue weighted by atomic mass is 15.0. The highest BCUT2D eigenvalue weighted by molar-refractivity contribution is 5.43. The summed E-state index contributed by atoms with van der Waals surface area (Å²) in [6, 6.07) is 8.11. The Morgan fingerprint density at radius 1 is 1.20 bits per heavy atom. The predicted molar refractivity (Wildman–Crippen MR) is 60.4 cm³/mol. The van der Waals surface area contributed by atoms with Crippen molar-refractivity contribution in [3.8, 4) is 11.8 Å².